The van der Waals surface area contributed by atoms with Gasteiger partial charge in [0.2, 0.25) is 0 Å². The zero-order chi connectivity index (χ0) is 10.2. The van der Waals surface area contributed by atoms with E-state index in [-0.39, 0.29) is 5.54 Å². The maximum Gasteiger partial charge on any atom is 0.0644 e. The molecule has 0 spiro atoms. The molecule has 74 valence electrons. The average molecular weight is 181 g/mol. The second-order valence-corrected chi connectivity index (χ2v) is 4.24. The third kappa shape index (κ3) is 1.75. The Morgan fingerprint density at radius 3 is 2.38 bits per heavy atom. The Bertz CT molecular complexity index is 297. The number of hydrogen-bond donors (Lipinski definition) is 1. The van der Waals surface area contributed by atoms with Crippen molar-refractivity contribution in [1.82, 2.24) is 9.78 Å². The normalized spacial score (nSPS) is 16.2. The molecular weight excluding hydrogens is 162 g/mol. The molecule has 0 aromatic carbocycles. The van der Waals surface area contributed by atoms with Crippen LogP contribution in [0.1, 0.15) is 32.0 Å². The Morgan fingerprint density at radius 1 is 1.54 bits per heavy atom. The van der Waals surface area contributed by atoms with Crippen molar-refractivity contribution in [3.63, 3.8) is 0 Å². The summed E-state index contributed by atoms with van der Waals surface area (Å²) in [5.41, 5.74) is 8.13. The Labute approximate surface area is 79.9 Å². The molecule has 0 amide bonds. The molecule has 2 N–H and O–H groups in total. The molecule has 0 aliphatic heterocycles. The summed E-state index contributed by atoms with van der Waals surface area (Å²) < 4.78 is 1.82. The number of hydrogen-bond acceptors (Lipinski definition) is 2. The van der Waals surface area contributed by atoms with Crippen molar-refractivity contribution in [3.05, 3.63) is 17.5 Å². The Balaban J connectivity index is 3.13. The summed E-state index contributed by atoms with van der Waals surface area (Å²) in [6.45, 7) is 8.32. The van der Waals surface area contributed by atoms with E-state index in [2.05, 4.69) is 25.9 Å². The van der Waals surface area contributed by atoms with Gasteiger partial charge in [-0.2, -0.15) is 5.10 Å². The van der Waals surface area contributed by atoms with Gasteiger partial charge in [0, 0.05) is 24.3 Å². The van der Waals surface area contributed by atoms with Gasteiger partial charge in [0.15, 0.2) is 0 Å². The first-order chi connectivity index (χ1) is 5.85. The summed E-state index contributed by atoms with van der Waals surface area (Å²) in [5.74, 6) is 0.412. The molecule has 0 saturated carbocycles. The van der Waals surface area contributed by atoms with E-state index in [9.17, 15) is 0 Å². The SMILES string of the molecule is Cc1nn(C)cc1C(C)(N)C(C)C. The van der Waals surface area contributed by atoms with Crippen molar-refractivity contribution in [2.24, 2.45) is 18.7 Å². The quantitative estimate of drug-likeness (QED) is 0.752. The molecule has 13 heavy (non-hydrogen) atoms. The van der Waals surface area contributed by atoms with Gasteiger partial charge < -0.3 is 5.73 Å². The fourth-order valence-corrected chi connectivity index (χ4v) is 1.44. The lowest BCUT2D eigenvalue weighted by Crippen LogP contribution is -2.38. The van der Waals surface area contributed by atoms with Crippen LogP contribution in [0.5, 0.6) is 0 Å². The van der Waals surface area contributed by atoms with Gasteiger partial charge in [-0.15, -0.1) is 0 Å². The molecule has 1 heterocycles. The first-order valence-corrected chi connectivity index (χ1v) is 4.65. The number of aromatic nitrogens is 2. The van der Waals surface area contributed by atoms with Gasteiger partial charge in [0.1, 0.15) is 0 Å². The number of aryl methyl sites for hydroxylation is 2. The van der Waals surface area contributed by atoms with E-state index < -0.39 is 0 Å². The molecule has 0 aliphatic carbocycles. The second-order valence-electron chi connectivity index (χ2n) is 4.24. The van der Waals surface area contributed by atoms with E-state index in [4.69, 9.17) is 5.73 Å². The van der Waals surface area contributed by atoms with Crippen LogP contribution in [0.3, 0.4) is 0 Å². The number of nitrogens with zero attached hydrogens (tertiary/aromatic N) is 2. The van der Waals surface area contributed by atoms with Crippen molar-refractivity contribution < 1.29 is 0 Å². The summed E-state index contributed by atoms with van der Waals surface area (Å²) in [6, 6.07) is 0. The van der Waals surface area contributed by atoms with Crippen LogP contribution in [0.15, 0.2) is 6.20 Å². The van der Waals surface area contributed by atoms with Gasteiger partial charge in [-0.05, 0) is 19.8 Å². The monoisotopic (exact) mass is 181 g/mol. The number of nitrogens with two attached hydrogens (primary N) is 1. The van der Waals surface area contributed by atoms with Gasteiger partial charge in [-0.1, -0.05) is 13.8 Å². The van der Waals surface area contributed by atoms with Crippen molar-refractivity contribution in [1.29, 1.82) is 0 Å². The molecule has 3 nitrogen and oxygen atoms in total. The standard InChI is InChI=1S/C10H19N3/c1-7(2)10(4,11)9-6-13(5)12-8(9)3/h6-7H,11H2,1-5H3. The molecule has 0 saturated heterocycles. The number of rotatable bonds is 2. The molecule has 0 bridgehead atoms. The minimum atomic E-state index is -0.279. The maximum absolute atomic E-state index is 6.24. The van der Waals surface area contributed by atoms with Crippen molar-refractivity contribution in [2.75, 3.05) is 0 Å². The molecule has 0 radical (unpaired) electrons. The highest BCUT2D eigenvalue weighted by Crippen LogP contribution is 2.27. The van der Waals surface area contributed by atoms with Gasteiger partial charge in [0.05, 0.1) is 5.69 Å². The van der Waals surface area contributed by atoms with Crippen molar-refractivity contribution >= 4 is 0 Å². The van der Waals surface area contributed by atoms with Crippen LogP contribution in [0.2, 0.25) is 0 Å². The largest absolute Gasteiger partial charge is 0.321 e. The summed E-state index contributed by atoms with van der Waals surface area (Å²) in [6.07, 6.45) is 2.01. The minimum absolute atomic E-state index is 0.279. The average Bonchev–Trinajstić information content (AvgIpc) is 2.30. The summed E-state index contributed by atoms with van der Waals surface area (Å²) in [4.78, 5) is 0. The van der Waals surface area contributed by atoms with Crippen molar-refractivity contribution in [3.8, 4) is 0 Å². The smallest absolute Gasteiger partial charge is 0.0644 e. The van der Waals surface area contributed by atoms with Crippen LogP contribution < -0.4 is 5.73 Å². The third-order valence-electron chi connectivity index (χ3n) is 2.79. The lowest BCUT2D eigenvalue weighted by molar-refractivity contribution is 0.349. The molecular formula is C10H19N3. The lowest BCUT2D eigenvalue weighted by atomic mass is 9.83. The van der Waals surface area contributed by atoms with E-state index in [1.54, 1.807) is 0 Å². The summed E-state index contributed by atoms with van der Waals surface area (Å²) in [7, 11) is 1.92. The highest BCUT2D eigenvalue weighted by molar-refractivity contribution is 5.25. The minimum Gasteiger partial charge on any atom is -0.321 e. The molecule has 0 fully saturated rings. The molecule has 1 aromatic heterocycles. The zero-order valence-electron chi connectivity index (χ0n) is 9.13. The Morgan fingerprint density at radius 2 is 2.08 bits per heavy atom. The van der Waals surface area contributed by atoms with Crippen LogP contribution in [0.4, 0.5) is 0 Å². The van der Waals surface area contributed by atoms with Crippen molar-refractivity contribution in [2.45, 2.75) is 33.2 Å². The van der Waals surface area contributed by atoms with E-state index in [1.807, 2.05) is 24.9 Å². The maximum atomic E-state index is 6.24. The topological polar surface area (TPSA) is 43.8 Å². The predicted octanol–water partition coefficient (Wildman–Crippen LogP) is 1.56. The Hall–Kier alpha value is -0.830. The lowest BCUT2D eigenvalue weighted by Gasteiger charge is -2.28. The molecule has 3 heteroatoms. The van der Waals surface area contributed by atoms with Crippen LogP contribution in [0.25, 0.3) is 0 Å². The van der Waals surface area contributed by atoms with E-state index in [1.165, 1.54) is 0 Å². The summed E-state index contributed by atoms with van der Waals surface area (Å²) >= 11 is 0. The van der Waals surface area contributed by atoms with E-state index in [0.717, 1.165) is 11.3 Å². The van der Waals surface area contributed by atoms with Crippen LogP contribution in [0, 0.1) is 12.8 Å². The van der Waals surface area contributed by atoms with Gasteiger partial charge in [-0.3, -0.25) is 4.68 Å². The molecule has 0 aliphatic rings. The fraction of sp³-hybridized carbons (Fsp3) is 0.700. The van der Waals surface area contributed by atoms with Gasteiger partial charge >= 0.3 is 0 Å². The van der Waals surface area contributed by atoms with Gasteiger partial charge in [0.25, 0.3) is 0 Å². The van der Waals surface area contributed by atoms with E-state index in [0.29, 0.717) is 5.92 Å². The highest BCUT2D eigenvalue weighted by Gasteiger charge is 2.28. The molecule has 1 unspecified atom stereocenters. The third-order valence-corrected chi connectivity index (χ3v) is 2.79. The highest BCUT2D eigenvalue weighted by atomic mass is 15.3. The fourth-order valence-electron chi connectivity index (χ4n) is 1.44. The molecule has 1 atom stereocenters. The molecule has 1 rings (SSSR count). The van der Waals surface area contributed by atoms with Crippen LogP contribution in [-0.4, -0.2) is 9.78 Å². The zero-order valence-corrected chi connectivity index (χ0v) is 9.13. The first kappa shape index (κ1) is 10.3. The predicted molar refractivity (Wildman–Crippen MR) is 54.3 cm³/mol. The second kappa shape index (κ2) is 3.14. The summed E-state index contributed by atoms with van der Waals surface area (Å²) in [5, 5.41) is 4.30. The molecule has 1 aromatic rings. The van der Waals surface area contributed by atoms with E-state index >= 15 is 0 Å². The first-order valence-electron chi connectivity index (χ1n) is 4.65. The van der Waals surface area contributed by atoms with Gasteiger partial charge in [-0.25, -0.2) is 0 Å². The van der Waals surface area contributed by atoms with Crippen LogP contribution in [-0.2, 0) is 12.6 Å². The Kier molecular flexibility index (Phi) is 2.48. The van der Waals surface area contributed by atoms with Crippen LogP contribution >= 0.6 is 0 Å².